The molecule has 0 saturated heterocycles. The number of halogens is 1. The fourth-order valence-electron chi connectivity index (χ4n) is 3.22. The normalized spacial score (nSPS) is 11.2. The van der Waals surface area contributed by atoms with Crippen LogP contribution in [0.2, 0.25) is 5.02 Å². The van der Waals surface area contributed by atoms with Gasteiger partial charge < -0.3 is 10.4 Å². The second kappa shape index (κ2) is 8.72. The van der Waals surface area contributed by atoms with Gasteiger partial charge in [0.2, 0.25) is 5.91 Å². The molecule has 4 nitrogen and oxygen atoms in total. The molecule has 0 unspecified atom stereocenters. The van der Waals surface area contributed by atoms with Crippen molar-refractivity contribution >= 4 is 23.5 Å². The standard InChI is InChI=1S/C25H24ClNO3/c1-16-7-9-18(10-8-16)22-15-20(26)11-12-21(22)19-6-4-5-17(13-19)14-23(28)27-25(2,3)24(29)30/h4-13,15H,14H2,1-3H3,(H,27,28)(H,29,30). The van der Waals surface area contributed by atoms with Crippen LogP contribution < -0.4 is 5.32 Å². The van der Waals surface area contributed by atoms with Crippen molar-refractivity contribution < 1.29 is 14.7 Å². The van der Waals surface area contributed by atoms with Crippen molar-refractivity contribution in [2.45, 2.75) is 32.7 Å². The van der Waals surface area contributed by atoms with Crippen LogP contribution in [0, 0.1) is 6.92 Å². The second-order valence-corrected chi connectivity index (χ2v) is 8.35. The first kappa shape index (κ1) is 21.6. The Bertz CT molecular complexity index is 1090. The van der Waals surface area contributed by atoms with Gasteiger partial charge >= 0.3 is 5.97 Å². The lowest BCUT2D eigenvalue weighted by Gasteiger charge is -2.21. The molecular weight excluding hydrogens is 398 g/mol. The molecule has 0 heterocycles. The molecule has 0 aliphatic heterocycles. The molecule has 5 heteroatoms. The Hall–Kier alpha value is -3.11. The Morgan fingerprint density at radius 3 is 2.30 bits per heavy atom. The molecule has 0 atom stereocenters. The van der Waals surface area contributed by atoms with E-state index in [1.54, 1.807) is 0 Å². The third-order valence-corrected chi connectivity index (χ3v) is 5.17. The van der Waals surface area contributed by atoms with Crippen LogP contribution in [0.1, 0.15) is 25.0 Å². The minimum Gasteiger partial charge on any atom is -0.480 e. The summed E-state index contributed by atoms with van der Waals surface area (Å²) in [6.45, 7) is 4.97. The number of aliphatic carboxylic acids is 1. The van der Waals surface area contributed by atoms with Crippen LogP contribution in [-0.4, -0.2) is 22.5 Å². The second-order valence-electron chi connectivity index (χ2n) is 7.91. The molecule has 0 saturated carbocycles. The van der Waals surface area contributed by atoms with Crippen LogP contribution in [0.4, 0.5) is 0 Å². The number of benzene rings is 3. The zero-order chi connectivity index (χ0) is 21.9. The van der Waals surface area contributed by atoms with E-state index in [1.807, 2.05) is 49.4 Å². The Morgan fingerprint density at radius 1 is 0.933 bits per heavy atom. The lowest BCUT2D eigenvalue weighted by atomic mass is 9.93. The van der Waals surface area contributed by atoms with Gasteiger partial charge in [0.05, 0.1) is 6.42 Å². The summed E-state index contributed by atoms with van der Waals surface area (Å²) >= 11 is 6.27. The van der Waals surface area contributed by atoms with E-state index in [9.17, 15) is 14.7 Å². The van der Waals surface area contributed by atoms with Crippen LogP contribution in [0.3, 0.4) is 0 Å². The Balaban J connectivity index is 1.92. The topological polar surface area (TPSA) is 66.4 Å². The predicted octanol–water partition coefficient (Wildman–Crippen LogP) is 5.50. The number of carboxylic acids is 1. The van der Waals surface area contributed by atoms with Crippen LogP contribution in [0.5, 0.6) is 0 Å². The van der Waals surface area contributed by atoms with Crippen molar-refractivity contribution in [3.05, 3.63) is 82.9 Å². The molecular formula is C25H24ClNO3. The van der Waals surface area contributed by atoms with Crippen molar-refractivity contribution in [1.82, 2.24) is 5.32 Å². The fraction of sp³-hybridized carbons (Fsp3) is 0.200. The molecule has 30 heavy (non-hydrogen) atoms. The van der Waals surface area contributed by atoms with Gasteiger partial charge in [-0.1, -0.05) is 71.8 Å². The average Bonchev–Trinajstić information content (AvgIpc) is 2.68. The van der Waals surface area contributed by atoms with Crippen LogP contribution >= 0.6 is 11.6 Å². The highest BCUT2D eigenvalue weighted by atomic mass is 35.5. The number of rotatable bonds is 6. The fourth-order valence-corrected chi connectivity index (χ4v) is 3.39. The summed E-state index contributed by atoms with van der Waals surface area (Å²) in [6, 6.07) is 21.7. The number of amides is 1. The molecule has 0 bridgehead atoms. The van der Waals surface area contributed by atoms with Gasteiger partial charge in [0, 0.05) is 5.02 Å². The van der Waals surface area contributed by atoms with Crippen LogP contribution in [0.15, 0.2) is 66.7 Å². The van der Waals surface area contributed by atoms with E-state index >= 15 is 0 Å². The summed E-state index contributed by atoms with van der Waals surface area (Å²) < 4.78 is 0. The maximum Gasteiger partial charge on any atom is 0.328 e. The zero-order valence-corrected chi connectivity index (χ0v) is 18.0. The Morgan fingerprint density at radius 2 is 1.63 bits per heavy atom. The summed E-state index contributed by atoms with van der Waals surface area (Å²) in [4.78, 5) is 23.6. The Labute approximate surface area is 181 Å². The third-order valence-electron chi connectivity index (χ3n) is 4.93. The van der Waals surface area contributed by atoms with Gasteiger partial charge in [-0.2, -0.15) is 0 Å². The van der Waals surface area contributed by atoms with Crippen molar-refractivity contribution in [3.63, 3.8) is 0 Å². The number of carbonyl (C=O) groups is 2. The van der Waals surface area contributed by atoms with Crippen molar-refractivity contribution in [2.24, 2.45) is 0 Å². The molecule has 0 spiro atoms. The first-order valence-corrected chi connectivity index (χ1v) is 10.0. The molecule has 3 rings (SSSR count). The lowest BCUT2D eigenvalue weighted by Crippen LogP contribution is -2.50. The highest BCUT2D eigenvalue weighted by molar-refractivity contribution is 6.31. The number of aryl methyl sites for hydroxylation is 1. The van der Waals surface area contributed by atoms with E-state index in [4.69, 9.17) is 11.6 Å². The lowest BCUT2D eigenvalue weighted by molar-refractivity contribution is -0.145. The highest BCUT2D eigenvalue weighted by Gasteiger charge is 2.28. The molecule has 0 aromatic heterocycles. The van der Waals surface area contributed by atoms with Gasteiger partial charge in [0.15, 0.2) is 0 Å². The van der Waals surface area contributed by atoms with Crippen molar-refractivity contribution in [2.75, 3.05) is 0 Å². The van der Waals surface area contributed by atoms with E-state index < -0.39 is 11.5 Å². The monoisotopic (exact) mass is 421 g/mol. The SMILES string of the molecule is Cc1ccc(-c2cc(Cl)ccc2-c2cccc(CC(=O)NC(C)(C)C(=O)O)c2)cc1. The number of hydrogen-bond acceptors (Lipinski definition) is 2. The molecule has 3 aromatic carbocycles. The smallest absolute Gasteiger partial charge is 0.328 e. The van der Waals surface area contributed by atoms with E-state index in [-0.39, 0.29) is 12.3 Å². The van der Waals surface area contributed by atoms with Gasteiger partial charge in [-0.15, -0.1) is 0 Å². The first-order valence-electron chi connectivity index (χ1n) is 9.66. The molecule has 0 aliphatic carbocycles. The van der Waals surface area contributed by atoms with E-state index in [0.29, 0.717) is 5.02 Å². The Kier molecular flexibility index (Phi) is 6.28. The van der Waals surface area contributed by atoms with Gasteiger partial charge in [0.25, 0.3) is 0 Å². The van der Waals surface area contributed by atoms with Crippen molar-refractivity contribution in [1.29, 1.82) is 0 Å². The van der Waals surface area contributed by atoms with E-state index in [1.165, 1.54) is 19.4 Å². The molecule has 0 radical (unpaired) electrons. The minimum absolute atomic E-state index is 0.0952. The van der Waals surface area contributed by atoms with Crippen molar-refractivity contribution in [3.8, 4) is 22.3 Å². The first-order chi connectivity index (χ1) is 14.2. The molecule has 154 valence electrons. The average molecular weight is 422 g/mol. The maximum atomic E-state index is 12.4. The van der Waals surface area contributed by atoms with Crippen LogP contribution in [0.25, 0.3) is 22.3 Å². The highest BCUT2D eigenvalue weighted by Crippen LogP contribution is 2.34. The quantitative estimate of drug-likeness (QED) is 0.551. The molecule has 2 N–H and O–H groups in total. The van der Waals surface area contributed by atoms with Gasteiger partial charge in [-0.05, 0) is 60.7 Å². The predicted molar refractivity (Wildman–Crippen MR) is 121 cm³/mol. The molecule has 3 aromatic rings. The number of carbonyl (C=O) groups excluding carboxylic acids is 1. The number of carboxylic acid groups (broad SMARTS) is 1. The summed E-state index contributed by atoms with van der Waals surface area (Å²) in [6.07, 6.45) is 0.0952. The van der Waals surface area contributed by atoms with Crippen LogP contribution in [-0.2, 0) is 16.0 Å². The summed E-state index contributed by atoms with van der Waals surface area (Å²) in [5.41, 5.74) is 4.71. The van der Waals surface area contributed by atoms with E-state index in [0.717, 1.165) is 27.8 Å². The largest absolute Gasteiger partial charge is 0.480 e. The van der Waals surface area contributed by atoms with Gasteiger partial charge in [-0.3, -0.25) is 4.79 Å². The maximum absolute atomic E-state index is 12.4. The summed E-state index contributed by atoms with van der Waals surface area (Å²) in [5, 5.41) is 12.4. The van der Waals surface area contributed by atoms with E-state index in [2.05, 4.69) is 29.6 Å². The summed E-state index contributed by atoms with van der Waals surface area (Å²) in [7, 11) is 0. The van der Waals surface area contributed by atoms with Gasteiger partial charge in [-0.25, -0.2) is 4.79 Å². The molecule has 0 fully saturated rings. The minimum atomic E-state index is -1.32. The molecule has 1 amide bonds. The summed E-state index contributed by atoms with van der Waals surface area (Å²) in [5.74, 6) is -1.41. The zero-order valence-electron chi connectivity index (χ0n) is 17.2. The van der Waals surface area contributed by atoms with Gasteiger partial charge in [0.1, 0.15) is 5.54 Å². The third kappa shape index (κ3) is 5.08. The number of nitrogens with one attached hydrogen (secondary N) is 1. The number of hydrogen-bond donors (Lipinski definition) is 2. The molecule has 0 aliphatic rings.